The predicted octanol–water partition coefficient (Wildman–Crippen LogP) is 1.91. The van der Waals surface area contributed by atoms with Crippen molar-refractivity contribution in [3.8, 4) is 0 Å². The Hall–Kier alpha value is -1.31. The molecule has 2 heteroatoms. The zero-order valence-electron chi connectivity index (χ0n) is 7.90. The summed E-state index contributed by atoms with van der Waals surface area (Å²) >= 11 is 0. The van der Waals surface area contributed by atoms with Gasteiger partial charge in [-0.05, 0) is 41.8 Å². The third-order valence-corrected chi connectivity index (χ3v) is 2.81. The van der Waals surface area contributed by atoms with E-state index in [0.29, 0.717) is 0 Å². The number of fused-ring (bicyclic) bond motifs is 1. The molecule has 1 heterocycles. The van der Waals surface area contributed by atoms with E-state index in [-0.39, 0.29) is 0 Å². The number of hydrogen-bond donors (Lipinski definition) is 0. The smallest absolute Gasteiger partial charge is 0.116 e. The van der Waals surface area contributed by atoms with Gasteiger partial charge in [0.05, 0.1) is 5.52 Å². The van der Waals surface area contributed by atoms with E-state index in [1.165, 1.54) is 18.4 Å². The lowest BCUT2D eigenvalue weighted by molar-refractivity contribution is 1.14. The van der Waals surface area contributed by atoms with Crippen LogP contribution in [0.15, 0.2) is 30.5 Å². The number of rotatable bonds is 1. The van der Waals surface area contributed by atoms with Crippen LogP contribution >= 0.6 is 0 Å². The fourth-order valence-electron chi connectivity index (χ4n) is 1.90. The molecule has 2 radical (unpaired) electrons. The van der Waals surface area contributed by atoms with Gasteiger partial charge in [-0.2, -0.15) is 0 Å². The molecular formula is C12H10BN. The van der Waals surface area contributed by atoms with Crippen LogP contribution in [0, 0.1) is 0 Å². The molecule has 66 valence electrons. The quantitative estimate of drug-likeness (QED) is 0.609. The Morgan fingerprint density at radius 1 is 1.29 bits per heavy atom. The van der Waals surface area contributed by atoms with Gasteiger partial charge in [0, 0.05) is 6.20 Å². The average Bonchev–Trinajstić information content (AvgIpc) is 3.01. The zero-order valence-corrected chi connectivity index (χ0v) is 7.90. The molecular weight excluding hydrogens is 169 g/mol. The average molecular weight is 179 g/mol. The van der Waals surface area contributed by atoms with Crippen LogP contribution in [0.25, 0.3) is 10.9 Å². The molecule has 14 heavy (non-hydrogen) atoms. The van der Waals surface area contributed by atoms with Crippen molar-refractivity contribution in [3.05, 3.63) is 36.0 Å². The number of aromatic nitrogens is 1. The van der Waals surface area contributed by atoms with Gasteiger partial charge in [0.1, 0.15) is 7.85 Å². The predicted molar refractivity (Wildman–Crippen MR) is 59.1 cm³/mol. The summed E-state index contributed by atoms with van der Waals surface area (Å²) in [5, 5.41) is 1.16. The molecule has 1 aromatic carbocycles. The molecule has 2 aromatic rings. The van der Waals surface area contributed by atoms with Gasteiger partial charge in [-0.3, -0.25) is 4.98 Å². The molecule has 0 atom stereocenters. The van der Waals surface area contributed by atoms with Crippen LogP contribution in [0.3, 0.4) is 0 Å². The minimum atomic E-state index is 0.752. The SMILES string of the molecule is [B]c1cc(C2CC2)cc2cccnc12. The standard InChI is InChI=1S/C12H10BN/c13-11-7-10(8-3-4-8)6-9-2-1-5-14-12(9)11/h1-2,5-8H,3-4H2. The molecule has 0 bridgehead atoms. The minimum Gasteiger partial charge on any atom is -0.257 e. The van der Waals surface area contributed by atoms with Crippen LogP contribution in [0.5, 0.6) is 0 Å². The molecule has 3 rings (SSSR count). The van der Waals surface area contributed by atoms with Gasteiger partial charge in [0.2, 0.25) is 0 Å². The summed E-state index contributed by atoms with van der Waals surface area (Å²) in [6, 6.07) is 8.33. The second-order valence-corrected chi connectivity index (χ2v) is 3.96. The van der Waals surface area contributed by atoms with Gasteiger partial charge < -0.3 is 0 Å². The molecule has 1 aliphatic carbocycles. The monoisotopic (exact) mass is 179 g/mol. The van der Waals surface area contributed by atoms with Crippen molar-refractivity contribution in [2.75, 3.05) is 0 Å². The summed E-state index contributed by atoms with van der Waals surface area (Å²) in [7, 11) is 5.96. The number of benzene rings is 1. The summed E-state index contributed by atoms with van der Waals surface area (Å²) in [4.78, 5) is 4.28. The summed E-state index contributed by atoms with van der Waals surface area (Å²) in [6.07, 6.45) is 4.41. The van der Waals surface area contributed by atoms with Crippen molar-refractivity contribution in [3.63, 3.8) is 0 Å². The van der Waals surface area contributed by atoms with Crippen molar-refractivity contribution >= 4 is 24.2 Å². The fourth-order valence-corrected chi connectivity index (χ4v) is 1.90. The summed E-state index contributed by atoms with van der Waals surface area (Å²) in [6.45, 7) is 0. The molecule has 0 N–H and O–H groups in total. The van der Waals surface area contributed by atoms with E-state index >= 15 is 0 Å². The number of hydrogen-bond acceptors (Lipinski definition) is 1. The second-order valence-electron chi connectivity index (χ2n) is 3.96. The largest absolute Gasteiger partial charge is 0.257 e. The number of pyridine rings is 1. The molecule has 0 aliphatic heterocycles. The first-order chi connectivity index (χ1) is 6.84. The zero-order chi connectivity index (χ0) is 9.54. The van der Waals surface area contributed by atoms with E-state index < -0.39 is 0 Å². The third-order valence-electron chi connectivity index (χ3n) is 2.81. The first-order valence-corrected chi connectivity index (χ1v) is 4.99. The van der Waals surface area contributed by atoms with Crippen molar-refractivity contribution < 1.29 is 0 Å². The Morgan fingerprint density at radius 2 is 2.14 bits per heavy atom. The van der Waals surface area contributed by atoms with Crippen LogP contribution in [-0.4, -0.2) is 12.8 Å². The fraction of sp³-hybridized carbons (Fsp3) is 0.250. The third kappa shape index (κ3) is 1.22. The van der Waals surface area contributed by atoms with Crippen molar-refractivity contribution in [1.82, 2.24) is 4.98 Å². The van der Waals surface area contributed by atoms with Crippen LogP contribution < -0.4 is 5.46 Å². The van der Waals surface area contributed by atoms with Gasteiger partial charge in [0.15, 0.2) is 0 Å². The highest BCUT2D eigenvalue weighted by Crippen LogP contribution is 2.40. The molecule has 1 aliphatic rings. The lowest BCUT2D eigenvalue weighted by atomic mass is 9.90. The van der Waals surface area contributed by atoms with Crippen LogP contribution in [0.4, 0.5) is 0 Å². The van der Waals surface area contributed by atoms with Crippen molar-refractivity contribution in [2.24, 2.45) is 0 Å². The maximum absolute atomic E-state index is 5.96. The van der Waals surface area contributed by atoms with E-state index in [4.69, 9.17) is 7.85 Å². The van der Waals surface area contributed by atoms with Crippen LogP contribution in [-0.2, 0) is 0 Å². The highest BCUT2D eigenvalue weighted by atomic mass is 14.6. The molecule has 1 aromatic heterocycles. The van der Waals surface area contributed by atoms with E-state index in [0.717, 1.165) is 22.3 Å². The normalized spacial score (nSPS) is 16.0. The lowest BCUT2D eigenvalue weighted by Crippen LogP contribution is -2.06. The van der Waals surface area contributed by atoms with E-state index in [2.05, 4.69) is 23.2 Å². The van der Waals surface area contributed by atoms with Gasteiger partial charge in [-0.1, -0.05) is 17.6 Å². The van der Waals surface area contributed by atoms with Crippen LogP contribution in [0.2, 0.25) is 0 Å². The van der Waals surface area contributed by atoms with Gasteiger partial charge >= 0.3 is 0 Å². The second kappa shape index (κ2) is 2.84. The number of nitrogens with zero attached hydrogens (tertiary/aromatic N) is 1. The van der Waals surface area contributed by atoms with E-state index in [1.807, 2.05) is 6.07 Å². The molecule has 1 fully saturated rings. The molecule has 0 unspecified atom stereocenters. The maximum Gasteiger partial charge on any atom is 0.116 e. The van der Waals surface area contributed by atoms with Gasteiger partial charge in [0.25, 0.3) is 0 Å². The Bertz CT molecular complexity index is 489. The Kier molecular flexibility index (Phi) is 1.63. The maximum atomic E-state index is 5.96. The van der Waals surface area contributed by atoms with Gasteiger partial charge in [-0.25, -0.2) is 0 Å². The van der Waals surface area contributed by atoms with Crippen LogP contribution in [0.1, 0.15) is 24.3 Å². The molecule has 1 nitrogen and oxygen atoms in total. The molecule has 0 saturated heterocycles. The topological polar surface area (TPSA) is 12.9 Å². The Balaban J connectivity index is 2.27. The summed E-state index contributed by atoms with van der Waals surface area (Å²) in [5.74, 6) is 0.752. The first kappa shape index (κ1) is 8.04. The summed E-state index contributed by atoms with van der Waals surface area (Å²) < 4.78 is 0. The highest BCUT2D eigenvalue weighted by Gasteiger charge is 2.23. The summed E-state index contributed by atoms with van der Waals surface area (Å²) in [5.41, 5.74) is 3.12. The molecule has 1 saturated carbocycles. The molecule has 0 amide bonds. The Labute approximate surface area is 84.6 Å². The lowest BCUT2D eigenvalue weighted by Gasteiger charge is -2.05. The molecule has 0 spiro atoms. The van der Waals surface area contributed by atoms with Gasteiger partial charge in [-0.15, -0.1) is 0 Å². The van der Waals surface area contributed by atoms with Crippen molar-refractivity contribution in [1.29, 1.82) is 0 Å². The first-order valence-electron chi connectivity index (χ1n) is 4.99. The Morgan fingerprint density at radius 3 is 2.93 bits per heavy atom. The minimum absolute atomic E-state index is 0.752. The van der Waals surface area contributed by atoms with E-state index in [9.17, 15) is 0 Å². The van der Waals surface area contributed by atoms with E-state index in [1.54, 1.807) is 6.20 Å². The highest BCUT2D eigenvalue weighted by molar-refractivity contribution is 6.38. The van der Waals surface area contributed by atoms with Crippen molar-refractivity contribution in [2.45, 2.75) is 18.8 Å².